The van der Waals surface area contributed by atoms with E-state index >= 15 is 0 Å². The molecule has 0 unspecified atom stereocenters. The predicted octanol–water partition coefficient (Wildman–Crippen LogP) is 3.12. The Balaban J connectivity index is 1.27. The van der Waals surface area contributed by atoms with Crippen molar-refractivity contribution in [1.82, 2.24) is 0 Å². The molecule has 6 heteroatoms. The van der Waals surface area contributed by atoms with Crippen LogP contribution >= 0.6 is 0 Å². The number of methoxy groups -OCH3 is 2. The quantitative estimate of drug-likeness (QED) is 0.335. The van der Waals surface area contributed by atoms with Gasteiger partial charge >= 0.3 is 0 Å². The molecule has 2 aromatic rings. The second kappa shape index (κ2) is 11.0. The number of aliphatic hydroxyl groups is 1. The van der Waals surface area contributed by atoms with E-state index in [4.69, 9.17) is 23.7 Å². The van der Waals surface area contributed by atoms with Crippen LogP contribution in [0.4, 0.5) is 0 Å². The SMILES string of the molecule is COc1ccc(COC/C=C/[C@@H](O)[C@@H]2O[C@@H]2COCc2ccc(OC)cc2)cc1. The van der Waals surface area contributed by atoms with Gasteiger partial charge in [-0.25, -0.2) is 0 Å². The molecule has 1 saturated heterocycles. The lowest BCUT2D eigenvalue weighted by Gasteiger charge is -2.05. The molecule has 0 spiro atoms. The Bertz CT molecular complexity index is 756. The van der Waals surface area contributed by atoms with E-state index in [-0.39, 0.29) is 12.2 Å². The van der Waals surface area contributed by atoms with Crippen molar-refractivity contribution in [3.05, 3.63) is 71.8 Å². The summed E-state index contributed by atoms with van der Waals surface area (Å²) in [6.07, 6.45) is 2.57. The molecule has 1 aliphatic heterocycles. The van der Waals surface area contributed by atoms with E-state index in [0.29, 0.717) is 26.4 Å². The van der Waals surface area contributed by atoms with Gasteiger partial charge < -0.3 is 28.8 Å². The molecule has 1 fully saturated rings. The predicted molar refractivity (Wildman–Crippen MR) is 109 cm³/mol. The van der Waals surface area contributed by atoms with Crippen molar-refractivity contribution < 1.29 is 28.8 Å². The zero-order valence-electron chi connectivity index (χ0n) is 16.8. The highest BCUT2D eigenvalue weighted by atomic mass is 16.6. The lowest BCUT2D eigenvalue weighted by Crippen LogP contribution is -2.16. The summed E-state index contributed by atoms with van der Waals surface area (Å²) >= 11 is 0. The van der Waals surface area contributed by atoms with E-state index < -0.39 is 6.10 Å². The minimum absolute atomic E-state index is 0.0758. The van der Waals surface area contributed by atoms with Crippen LogP contribution in [0, 0.1) is 0 Å². The molecule has 0 amide bonds. The molecule has 1 aliphatic rings. The first-order valence-electron chi connectivity index (χ1n) is 9.61. The van der Waals surface area contributed by atoms with Gasteiger partial charge in [0, 0.05) is 0 Å². The summed E-state index contributed by atoms with van der Waals surface area (Å²) in [6, 6.07) is 15.5. The summed E-state index contributed by atoms with van der Waals surface area (Å²) in [5, 5.41) is 10.2. The van der Waals surface area contributed by atoms with Gasteiger partial charge in [0.15, 0.2) is 0 Å². The van der Waals surface area contributed by atoms with E-state index in [1.165, 1.54) is 0 Å². The first kappa shape index (κ1) is 21.3. The summed E-state index contributed by atoms with van der Waals surface area (Å²) in [7, 11) is 3.28. The van der Waals surface area contributed by atoms with Gasteiger partial charge in [-0.3, -0.25) is 0 Å². The molecule has 29 heavy (non-hydrogen) atoms. The third-order valence-electron chi connectivity index (χ3n) is 4.64. The van der Waals surface area contributed by atoms with Crippen molar-refractivity contribution >= 4 is 0 Å². The van der Waals surface area contributed by atoms with E-state index in [1.807, 2.05) is 54.6 Å². The van der Waals surface area contributed by atoms with Crippen LogP contribution in [-0.2, 0) is 27.4 Å². The standard InChI is InChI=1S/C23H28O6/c1-25-19-9-5-17(6-10-19)14-27-13-3-4-21(24)23-22(29-23)16-28-15-18-7-11-20(26-2)12-8-18/h3-12,21-24H,13-16H2,1-2H3/b4-3+/t21-,22-,23+/m1/s1. The van der Waals surface area contributed by atoms with E-state index in [0.717, 1.165) is 22.6 Å². The molecule has 3 rings (SSSR count). The topological polar surface area (TPSA) is 69.7 Å². The van der Waals surface area contributed by atoms with Gasteiger partial charge in [-0.15, -0.1) is 0 Å². The van der Waals surface area contributed by atoms with Crippen LogP contribution in [0.3, 0.4) is 0 Å². The Morgan fingerprint density at radius 3 is 2.00 bits per heavy atom. The molecule has 1 N–H and O–H groups in total. The van der Waals surface area contributed by atoms with Crippen molar-refractivity contribution in [1.29, 1.82) is 0 Å². The molecule has 0 aromatic heterocycles. The Kier molecular flexibility index (Phi) is 8.07. The molecular weight excluding hydrogens is 372 g/mol. The maximum Gasteiger partial charge on any atom is 0.118 e. The first-order chi connectivity index (χ1) is 14.2. The Hall–Kier alpha value is -2.38. The molecule has 2 aromatic carbocycles. The number of hydrogen-bond donors (Lipinski definition) is 1. The molecule has 0 saturated carbocycles. The fourth-order valence-corrected chi connectivity index (χ4v) is 2.88. The number of rotatable bonds is 12. The monoisotopic (exact) mass is 400 g/mol. The second-order valence-corrected chi connectivity index (χ2v) is 6.78. The number of hydrogen-bond acceptors (Lipinski definition) is 6. The van der Waals surface area contributed by atoms with Crippen LogP contribution in [0.25, 0.3) is 0 Å². The van der Waals surface area contributed by atoms with Gasteiger partial charge in [-0.1, -0.05) is 36.4 Å². The largest absolute Gasteiger partial charge is 0.497 e. The lowest BCUT2D eigenvalue weighted by molar-refractivity contribution is 0.104. The highest BCUT2D eigenvalue weighted by Gasteiger charge is 2.43. The number of ether oxygens (including phenoxy) is 5. The Morgan fingerprint density at radius 1 is 0.897 bits per heavy atom. The molecule has 0 radical (unpaired) electrons. The average Bonchev–Trinajstić information content (AvgIpc) is 3.54. The van der Waals surface area contributed by atoms with E-state index in [9.17, 15) is 5.11 Å². The summed E-state index contributed by atoms with van der Waals surface area (Å²) in [4.78, 5) is 0. The van der Waals surface area contributed by atoms with Crippen molar-refractivity contribution in [2.45, 2.75) is 31.5 Å². The van der Waals surface area contributed by atoms with Crippen LogP contribution in [0.15, 0.2) is 60.7 Å². The first-order valence-corrected chi connectivity index (χ1v) is 9.61. The van der Waals surface area contributed by atoms with Crippen molar-refractivity contribution in [2.75, 3.05) is 27.4 Å². The van der Waals surface area contributed by atoms with Gasteiger partial charge in [0.1, 0.15) is 29.8 Å². The van der Waals surface area contributed by atoms with Crippen LogP contribution < -0.4 is 9.47 Å². The van der Waals surface area contributed by atoms with E-state index in [1.54, 1.807) is 20.3 Å². The van der Waals surface area contributed by atoms with Crippen molar-refractivity contribution in [3.63, 3.8) is 0 Å². The van der Waals surface area contributed by atoms with Crippen LogP contribution in [0.2, 0.25) is 0 Å². The summed E-state index contributed by atoms with van der Waals surface area (Å²) in [6.45, 7) is 1.89. The van der Waals surface area contributed by atoms with Crippen LogP contribution in [0.1, 0.15) is 11.1 Å². The fraction of sp³-hybridized carbons (Fsp3) is 0.391. The van der Waals surface area contributed by atoms with Gasteiger partial charge in [0.25, 0.3) is 0 Å². The normalized spacial score (nSPS) is 19.3. The smallest absolute Gasteiger partial charge is 0.118 e. The van der Waals surface area contributed by atoms with E-state index in [2.05, 4.69) is 0 Å². The summed E-state index contributed by atoms with van der Waals surface area (Å²) < 4.78 is 27.0. The van der Waals surface area contributed by atoms with Crippen molar-refractivity contribution in [2.24, 2.45) is 0 Å². The second-order valence-electron chi connectivity index (χ2n) is 6.78. The van der Waals surface area contributed by atoms with Gasteiger partial charge in [0.2, 0.25) is 0 Å². The van der Waals surface area contributed by atoms with Crippen LogP contribution in [-0.4, -0.2) is 50.9 Å². The molecule has 156 valence electrons. The lowest BCUT2D eigenvalue weighted by atomic mass is 10.2. The van der Waals surface area contributed by atoms with Crippen LogP contribution in [0.5, 0.6) is 11.5 Å². The number of aliphatic hydroxyl groups excluding tert-OH is 1. The summed E-state index contributed by atoms with van der Waals surface area (Å²) in [5.74, 6) is 1.64. The average molecular weight is 400 g/mol. The maximum atomic E-state index is 10.2. The molecule has 0 bridgehead atoms. The van der Waals surface area contributed by atoms with Gasteiger partial charge in [-0.05, 0) is 35.4 Å². The Labute approximate surface area is 171 Å². The number of benzene rings is 2. The number of epoxide rings is 1. The molecule has 6 nitrogen and oxygen atoms in total. The van der Waals surface area contributed by atoms with Gasteiger partial charge in [0.05, 0.1) is 40.6 Å². The zero-order chi connectivity index (χ0) is 20.5. The summed E-state index contributed by atoms with van der Waals surface area (Å²) in [5.41, 5.74) is 2.14. The third kappa shape index (κ3) is 6.87. The highest BCUT2D eigenvalue weighted by Crippen LogP contribution is 2.27. The molecular formula is C23H28O6. The highest BCUT2D eigenvalue weighted by molar-refractivity contribution is 5.27. The Morgan fingerprint density at radius 2 is 1.45 bits per heavy atom. The van der Waals surface area contributed by atoms with Crippen molar-refractivity contribution in [3.8, 4) is 11.5 Å². The fourth-order valence-electron chi connectivity index (χ4n) is 2.88. The maximum absolute atomic E-state index is 10.2. The third-order valence-corrected chi connectivity index (χ3v) is 4.64. The molecule has 3 atom stereocenters. The zero-order valence-corrected chi connectivity index (χ0v) is 16.8. The minimum Gasteiger partial charge on any atom is -0.497 e. The molecule has 1 heterocycles. The molecule has 0 aliphatic carbocycles. The minimum atomic E-state index is -0.658. The van der Waals surface area contributed by atoms with Gasteiger partial charge in [-0.2, -0.15) is 0 Å².